The largest absolute Gasteiger partial charge is 0.453 e. The first-order chi connectivity index (χ1) is 19.0. The Morgan fingerprint density at radius 1 is 1.15 bits per heavy atom. The normalized spacial score (nSPS) is 15.4. The first-order valence-corrected chi connectivity index (χ1v) is 13.5. The van der Waals surface area contributed by atoms with E-state index in [1.54, 1.807) is 34.1 Å². The van der Waals surface area contributed by atoms with Crippen molar-refractivity contribution in [3.05, 3.63) is 48.5 Å². The molecule has 1 aliphatic carbocycles. The summed E-state index contributed by atoms with van der Waals surface area (Å²) in [4.78, 5) is 31.4. The average Bonchev–Trinajstić information content (AvgIpc) is 3.43. The van der Waals surface area contributed by atoms with Crippen LogP contribution in [0.4, 0.5) is 14.9 Å². The Balaban J connectivity index is 1.13. The van der Waals surface area contributed by atoms with Crippen LogP contribution in [0.5, 0.6) is 11.5 Å². The molecule has 11 nitrogen and oxygen atoms in total. The van der Waals surface area contributed by atoms with Crippen LogP contribution >= 0.6 is 11.3 Å². The van der Waals surface area contributed by atoms with E-state index in [9.17, 15) is 14.0 Å². The molecule has 0 bridgehead atoms. The van der Waals surface area contributed by atoms with Crippen molar-refractivity contribution < 1.29 is 23.5 Å². The number of carbonyl (C=O) groups excluding carboxylic acids is 2. The molecular weight excluding hydrogens is 525 g/mol. The van der Waals surface area contributed by atoms with E-state index in [0.29, 0.717) is 61.9 Å². The van der Waals surface area contributed by atoms with Gasteiger partial charge in [-0.2, -0.15) is 0 Å². The zero-order valence-electron chi connectivity index (χ0n) is 20.9. The maximum absolute atomic E-state index is 14.8. The lowest BCUT2D eigenvalue weighted by Crippen LogP contribution is -2.41. The molecule has 1 aromatic carbocycles. The lowest BCUT2D eigenvalue weighted by molar-refractivity contribution is -0.135. The van der Waals surface area contributed by atoms with Crippen molar-refractivity contribution in [2.45, 2.75) is 31.8 Å². The van der Waals surface area contributed by atoms with Crippen molar-refractivity contribution in [1.29, 1.82) is 0 Å². The predicted octanol–water partition coefficient (Wildman–Crippen LogP) is 4.02. The van der Waals surface area contributed by atoms with Gasteiger partial charge in [-0.15, -0.1) is 16.4 Å². The third-order valence-corrected chi connectivity index (χ3v) is 7.57. The van der Waals surface area contributed by atoms with E-state index in [-0.39, 0.29) is 23.7 Å². The van der Waals surface area contributed by atoms with Crippen LogP contribution in [0.2, 0.25) is 0 Å². The minimum absolute atomic E-state index is 0.0291. The molecule has 2 fully saturated rings. The van der Waals surface area contributed by atoms with E-state index in [2.05, 4.69) is 25.9 Å². The Hall–Kier alpha value is -4.10. The number of aryl methyl sites for hydroxylation is 1. The van der Waals surface area contributed by atoms with Gasteiger partial charge in [-0.1, -0.05) is 5.21 Å². The molecule has 0 atom stereocenters. The van der Waals surface area contributed by atoms with Gasteiger partial charge in [0.2, 0.25) is 5.91 Å². The second kappa shape index (κ2) is 10.9. The van der Waals surface area contributed by atoms with Gasteiger partial charge >= 0.3 is 6.03 Å². The molecule has 39 heavy (non-hydrogen) atoms. The number of rotatable bonds is 8. The zero-order chi connectivity index (χ0) is 26.8. The second-order valence-electron chi connectivity index (χ2n) is 9.36. The van der Waals surface area contributed by atoms with Gasteiger partial charge in [0.05, 0.1) is 41.0 Å². The molecule has 3 aromatic heterocycles. The molecular formula is C26H26FN7O4S. The number of ether oxygens (including phenoxy) is 2. The fourth-order valence-electron chi connectivity index (χ4n) is 4.18. The Morgan fingerprint density at radius 3 is 2.79 bits per heavy atom. The van der Waals surface area contributed by atoms with Crippen molar-refractivity contribution in [1.82, 2.24) is 30.2 Å². The number of morpholine rings is 1. The van der Waals surface area contributed by atoms with Crippen LogP contribution < -0.4 is 15.4 Å². The van der Waals surface area contributed by atoms with E-state index in [1.807, 2.05) is 6.07 Å². The smallest absolute Gasteiger partial charge is 0.319 e. The number of nitrogens with one attached hydrogen (secondary N) is 2. The van der Waals surface area contributed by atoms with Gasteiger partial charge in [-0.05, 0) is 31.0 Å². The standard InChI is InChI=1S/C26H26FN7O4S/c27-18-13-17(30-26(36)29-16-1-2-16)3-4-21(18)38-22-5-7-28-19-14-23(39-25(19)22)20-15-34(32-31-20)8-6-24(35)33-9-11-37-12-10-33/h3-5,7,13-16H,1-2,6,8-12H2,(H2,29,30,36). The van der Waals surface area contributed by atoms with Gasteiger partial charge < -0.3 is 25.0 Å². The molecule has 1 aliphatic heterocycles. The molecule has 1 saturated heterocycles. The van der Waals surface area contributed by atoms with E-state index >= 15 is 0 Å². The van der Waals surface area contributed by atoms with Gasteiger partial charge in [-0.3, -0.25) is 14.5 Å². The van der Waals surface area contributed by atoms with Crippen LogP contribution in [0.1, 0.15) is 19.3 Å². The SMILES string of the molecule is O=C(Nc1ccc(Oc2ccnc3cc(-c4cn(CCC(=O)N5CCOCC5)nn4)sc23)c(F)c1)NC1CC1. The number of fused-ring (bicyclic) bond motifs is 1. The fraction of sp³-hybridized carbons (Fsp3) is 0.346. The first kappa shape index (κ1) is 25.2. The number of carbonyl (C=O) groups is 2. The molecule has 1 saturated carbocycles. The minimum Gasteiger partial charge on any atom is -0.453 e. The summed E-state index contributed by atoms with van der Waals surface area (Å²) in [5.74, 6) is -0.0522. The van der Waals surface area contributed by atoms with Gasteiger partial charge in [-0.25, -0.2) is 9.18 Å². The van der Waals surface area contributed by atoms with Crippen molar-refractivity contribution in [3.8, 4) is 22.1 Å². The highest BCUT2D eigenvalue weighted by molar-refractivity contribution is 7.22. The molecule has 3 amide bonds. The Morgan fingerprint density at radius 2 is 2.00 bits per heavy atom. The Labute approximate surface area is 226 Å². The number of aromatic nitrogens is 4. The summed E-state index contributed by atoms with van der Waals surface area (Å²) in [5.41, 5.74) is 1.67. The number of thiophene rings is 1. The van der Waals surface area contributed by atoms with Gasteiger partial charge in [0.1, 0.15) is 11.4 Å². The summed E-state index contributed by atoms with van der Waals surface area (Å²) in [7, 11) is 0. The van der Waals surface area contributed by atoms with Crippen LogP contribution in [-0.4, -0.2) is 69.2 Å². The summed E-state index contributed by atoms with van der Waals surface area (Å²) in [6, 6.07) is 7.69. The third kappa shape index (κ3) is 5.99. The summed E-state index contributed by atoms with van der Waals surface area (Å²) in [6.45, 7) is 2.79. The number of halogens is 1. The molecule has 202 valence electrons. The van der Waals surface area contributed by atoms with Gasteiger partial charge in [0.25, 0.3) is 0 Å². The number of pyridine rings is 1. The van der Waals surface area contributed by atoms with Crippen LogP contribution in [0.3, 0.4) is 0 Å². The Kier molecular flexibility index (Phi) is 7.07. The highest BCUT2D eigenvalue weighted by Gasteiger charge is 2.23. The highest BCUT2D eigenvalue weighted by Crippen LogP contribution is 2.39. The molecule has 2 N–H and O–H groups in total. The van der Waals surface area contributed by atoms with Crippen LogP contribution in [0, 0.1) is 5.82 Å². The summed E-state index contributed by atoms with van der Waals surface area (Å²) in [6.07, 6.45) is 5.66. The molecule has 0 radical (unpaired) electrons. The van der Waals surface area contributed by atoms with Crippen molar-refractivity contribution in [2.75, 3.05) is 31.6 Å². The fourth-order valence-corrected chi connectivity index (χ4v) is 5.20. The summed E-state index contributed by atoms with van der Waals surface area (Å²) < 4.78 is 28.4. The minimum atomic E-state index is -0.601. The maximum Gasteiger partial charge on any atom is 0.319 e. The number of nitrogens with zero attached hydrogens (tertiary/aromatic N) is 5. The molecule has 0 unspecified atom stereocenters. The van der Waals surface area contributed by atoms with Crippen LogP contribution in [-0.2, 0) is 16.1 Å². The summed E-state index contributed by atoms with van der Waals surface area (Å²) in [5, 5.41) is 13.9. The van der Waals surface area contributed by atoms with E-state index < -0.39 is 5.82 Å². The number of hydrogen-bond acceptors (Lipinski definition) is 8. The van der Waals surface area contributed by atoms with Crippen LogP contribution in [0.25, 0.3) is 20.8 Å². The maximum atomic E-state index is 14.8. The van der Waals surface area contributed by atoms with Crippen molar-refractivity contribution in [2.24, 2.45) is 0 Å². The number of urea groups is 1. The Bertz CT molecular complexity index is 1510. The molecule has 0 spiro atoms. The molecule has 4 aromatic rings. The number of anilines is 1. The number of amides is 3. The van der Waals surface area contributed by atoms with Crippen molar-refractivity contribution >= 4 is 39.2 Å². The highest BCUT2D eigenvalue weighted by atomic mass is 32.1. The first-order valence-electron chi connectivity index (χ1n) is 12.7. The number of benzene rings is 1. The van der Waals surface area contributed by atoms with E-state index in [4.69, 9.17) is 9.47 Å². The lowest BCUT2D eigenvalue weighted by atomic mass is 10.3. The van der Waals surface area contributed by atoms with Gasteiger partial charge in [0, 0.05) is 49.6 Å². The van der Waals surface area contributed by atoms with Crippen molar-refractivity contribution in [3.63, 3.8) is 0 Å². The van der Waals surface area contributed by atoms with E-state index in [0.717, 1.165) is 22.4 Å². The average molecular weight is 552 g/mol. The predicted molar refractivity (Wildman–Crippen MR) is 142 cm³/mol. The third-order valence-electron chi connectivity index (χ3n) is 6.41. The lowest BCUT2D eigenvalue weighted by Gasteiger charge is -2.26. The van der Waals surface area contributed by atoms with Crippen LogP contribution in [0.15, 0.2) is 42.7 Å². The molecule has 2 aliphatic rings. The second-order valence-corrected chi connectivity index (χ2v) is 10.4. The van der Waals surface area contributed by atoms with Gasteiger partial charge in [0.15, 0.2) is 11.6 Å². The molecule has 13 heteroatoms. The topological polar surface area (TPSA) is 124 Å². The molecule has 4 heterocycles. The summed E-state index contributed by atoms with van der Waals surface area (Å²) >= 11 is 1.41. The quantitative estimate of drug-likeness (QED) is 0.339. The number of hydrogen-bond donors (Lipinski definition) is 2. The monoisotopic (exact) mass is 551 g/mol. The zero-order valence-corrected chi connectivity index (χ0v) is 21.7. The molecule has 6 rings (SSSR count). The van der Waals surface area contributed by atoms with E-state index in [1.165, 1.54) is 23.5 Å².